The van der Waals surface area contributed by atoms with Gasteiger partial charge in [-0.2, -0.15) is 0 Å². The first-order valence-electron chi connectivity index (χ1n) is 7.96. The summed E-state index contributed by atoms with van der Waals surface area (Å²) in [6.45, 7) is 8.59. The molecule has 4 unspecified atom stereocenters. The minimum atomic E-state index is -0.764. The zero-order chi connectivity index (χ0) is 15.6. The molecule has 3 aliphatic rings. The Morgan fingerprint density at radius 2 is 1.57 bits per heavy atom. The summed E-state index contributed by atoms with van der Waals surface area (Å²) in [6.07, 6.45) is 2.98. The predicted octanol–water partition coefficient (Wildman–Crippen LogP) is 2.22. The summed E-state index contributed by atoms with van der Waals surface area (Å²) in [6, 6.07) is -0.263. The Labute approximate surface area is 125 Å². The van der Waals surface area contributed by atoms with Crippen LogP contribution in [0.4, 0.5) is 4.79 Å². The molecule has 3 N–H and O–H groups in total. The number of hydrogen-bond donors (Lipinski definition) is 3. The monoisotopic (exact) mass is 294 g/mol. The van der Waals surface area contributed by atoms with E-state index in [1.807, 2.05) is 0 Å². The maximum absolute atomic E-state index is 12.3. The number of urea groups is 1. The lowest BCUT2D eigenvalue weighted by atomic mass is 9.84. The van der Waals surface area contributed by atoms with Crippen molar-refractivity contribution in [1.29, 1.82) is 0 Å². The van der Waals surface area contributed by atoms with E-state index in [-0.39, 0.29) is 34.9 Å². The van der Waals surface area contributed by atoms with E-state index in [0.717, 1.165) is 19.3 Å². The van der Waals surface area contributed by atoms with Gasteiger partial charge in [0.1, 0.15) is 0 Å². The van der Waals surface area contributed by atoms with E-state index in [1.165, 1.54) is 0 Å². The SMILES string of the molecule is CC1(C)C(NC(=O)NC2C3CCC(C3)C2C(=O)O)C1(C)C. The lowest BCUT2D eigenvalue weighted by molar-refractivity contribution is -0.144. The highest BCUT2D eigenvalue weighted by molar-refractivity contribution is 5.78. The number of fused-ring (bicyclic) bond motifs is 2. The highest BCUT2D eigenvalue weighted by Gasteiger charge is 2.65. The van der Waals surface area contributed by atoms with Crippen molar-refractivity contribution in [2.75, 3.05) is 0 Å². The molecule has 0 saturated heterocycles. The molecule has 0 aliphatic heterocycles. The van der Waals surface area contributed by atoms with Crippen molar-refractivity contribution in [2.45, 2.75) is 59.0 Å². The quantitative estimate of drug-likeness (QED) is 0.747. The first-order chi connectivity index (χ1) is 9.66. The van der Waals surface area contributed by atoms with E-state index >= 15 is 0 Å². The fraction of sp³-hybridized carbons (Fsp3) is 0.875. The summed E-state index contributed by atoms with van der Waals surface area (Å²) in [4.78, 5) is 23.7. The fourth-order valence-corrected chi connectivity index (χ4v) is 4.74. The van der Waals surface area contributed by atoms with Crippen LogP contribution >= 0.6 is 0 Å². The van der Waals surface area contributed by atoms with Crippen LogP contribution < -0.4 is 10.6 Å². The highest BCUT2D eigenvalue weighted by atomic mass is 16.4. The van der Waals surface area contributed by atoms with Gasteiger partial charge in [-0.05, 0) is 41.9 Å². The lowest BCUT2D eigenvalue weighted by Crippen LogP contribution is -2.51. The van der Waals surface area contributed by atoms with Crippen LogP contribution in [-0.2, 0) is 4.79 Å². The fourth-order valence-electron chi connectivity index (χ4n) is 4.74. The molecule has 0 heterocycles. The number of nitrogens with one attached hydrogen (secondary N) is 2. The molecule has 0 aromatic rings. The number of carbonyl (C=O) groups excluding carboxylic acids is 1. The number of carbonyl (C=O) groups is 2. The zero-order valence-electron chi connectivity index (χ0n) is 13.3. The van der Waals surface area contributed by atoms with Gasteiger partial charge in [0.05, 0.1) is 5.92 Å². The van der Waals surface area contributed by atoms with Crippen molar-refractivity contribution in [3.63, 3.8) is 0 Å². The van der Waals surface area contributed by atoms with Crippen LogP contribution in [0.1, 0.15) is 47.0 Å². The molecule has 3 rings (SSSR count). The smallest absolute Gasteiger partial charge is 0.315 e. The number of carboxylic acids is 1. The number of aliphatic carboxylic acids is 1. The summed E-state index contributed by atoms with van der Waals surface area (Å²) in [5.74, 6) is -0.594. The molecule has 4 atom stereocenters. The van der Waals surface area contributed by atoms with Crippen molar-refractivity contribution < 1.29 is 14.7 Å². The molecule has 21 heavy (non-hydrogen) atoms. The van der Waals surface area contributed by atoms with Crippen molar-refractivity contribution in [1.82, 2.24) is 10.6 Å². The molecule has 0 radical (unpaired) electrons. The van der Waals surface area contributed by atoms with Crippen LogP contribution in [0.15, 0.2) is 0 Å². The van der Waals surface area contributed by atoms with Gasteiger partial charge in [0.25, 0.3) is 0 Å². The van der Waals surface area contributed by atoms with Crippen LogP contribution in [0.3, 0.4) is 0 Å². The molecule has 3 saturated carbocycles. The average Bonchev–Trinajstić information content (AvgIpc) is 2.84. The summed E-state index contributed by atoms with van der Waals surface area (Å²) in [5.41, 5.74) is 0.177. The number of amides is 2. The molecule has 0 aromatic heterocycles. The second kappa shape index (κ2) is 4.37. The van der Waals surface area contributed by atoms with Crippen molar-refractivity contribution >= 4 is 12.0 Å². The molecule has 5 nitrogen and oxygen atoms in total. The summed E-state index contributed by atoms with van der Waals surface area (Å²) >= 11 is 0. The Balaban J connectivity index is 1.62. The molecule has 5 heteroatoms. The first-order valence-corrected chi connectivity index (χ1v) is 7.96. The Morgan fingerprint density at radius 1 is 1.00 bits per heavy atom. The molecular formula is C16H26N2O3. The van der Waals surface area contributed by atoms with E-state index < -0.39 is 11.9 Å². The van der Waals surface area contributed by atoms with Gasteiger partial charge < -0.3 is 15.7 Å². The van der Waals surface area contributed by atoms with Crippen molar-refractivity contribution in [3.8, 4) is 0 Å². The van der Waals surface area contributed by atoms with Gasteiger partial charge in [0.15, 0.2) is 0 Å². The maximum Gasteiger partial charge on any atom is 0.315 e. The Hall–Kier alpha value is -1.26. The van der Waals surface area contributed by atoms with Gasteiger partial charge in [-0.15, -0.1) is 0 Å². The summed E-state index contributed by atoms with van der Waals surface area (Å²) < 4.78 is 0. The summed E-state index contributed by atoms with van der Waals surface area (Å²) in [7, 11) is 0. The van der Waals surface area contributed by atoms with Crippen LogP contribution in [0, 0.1) is 28.6 Å². The van der Waals surface area contributed by atoms with Crippen molar-refractivity contribution in [3.05, 3.63) is 0 Å². The number of hydrogen-bond acceptors (Lipinski definition) is 2. The second-order valence-corrected chi connectivity index (χ2v) is 8.22. The largest absolute Gasteiger partial charge is 0.481 e. The van der Waals surface area contributed by atoms with Gasteiger partial charge in [0, 0.05) is 12.1 Å². The van der Waals surface area contributed by atoms with Crippen LogP contribution in [0.5, 0.6) is 0 Å². The predicted molar refractivity (Wildman–Crippen MR) is 78.8 cm³/mol. The molecule has 2 bridgehead atoms. The molecule has 0 spiro atoms. The Bertz CT molecular complexity index is 472. The average molecular weight is 294 g/mol. The maximum atomic E-state index is 12.3. The van der Waals surface area contributed by atoms with E-state index in [9.17, 15) is 14.7 Å². The van der Waals surface area contributed by atoms with Gasteiger partial charge in [-0.1, -0.05) is 27.7 Å². The van der Waals surface area contributed by atoms with Crippen LogP contribution in [0.25, 0.3) is 0 Å². The van der Waals surface area contributed by atoms with Gasteiger partial charge in [0.2, 0.25) is 0 Å². The van der Waals surface area contributed by atoms with Crippen LogP contribution in [0.2, 0.25) is 0 Å². The molecular weight excluding hydrogens is 268 g/mol. The number of carboxylic acid groups (broad SMARTS) is 1. The zero-order valence-corrected chi connectivity index (χ0v) is 13.3. The molecule has 118 valence electrons. The molecule has 0 aromatic carbocycles. The third-order valence-electron chi connectivity index (χ3n) is 6.80. The Morgan fingerprint density at radius 3 is 2.10 bits per heavy atom. The second-order valence-electron chi connectivity index (χ2n) is 8.22. The lowest BCUT2D eigenvalue weighted by Gasteiger charge is -2.29. The standard InChI is InChI=1S/C16H26N2O3/c1-15(2)13(16(15,3)4)18-14(21)17-11-9-6-5-8(7-9)10(11)12(19)20/h8-11,13H,5-7H2,1-4H3,(H,19,20)(H2,17,18,21). The molecule has 2 amide bonds. The van der Waals surface area contributed by atoms with Gasteiger partial charge in [-0.25, -0.2) is 4.79 Å². The van der Waals surface area contributed by atoms with Gasteiger partial charge in [-0.3, -0.25) is 4.79 Å². The summed E-state index contributed by atoms with van der Waals surface area (Å²) in [5, 5.41) is 15.4. The third kappa shape index (κ3) is 2.04. The topological polar surface area (TPSA) is 78.4 Å². The minimum absolute atomic E-state index is 0.0885. The van der Waals surface area contributed by atoms with Crippen LogP contribution in [-0.4, -0.2) is 29.2 Å². The molecule has 3 aliphatic carbocycles. The van der Waals surface area contributed by atoms with E-state index in [4.69, 9.17) is 0 Å². The number of rotatable bonds is 3. The van der Waals surface area contributed by atoms with Crippen molar-refractivity contribution in [2.24, 2.45) is 28.6 Å². The first kappa shape index (κ1) is 14.7. The van der Waals surface area contributed by atoms with E-state index in [2.05, 4.69) is 38.3 Å². The normalized spacial score (nSPS) is 39.0. The van der Waals surface area contributed by atoms with E-state index in [0.29, 0.717) is 5.92 Å². The van der Waals surface area contributed by atoms with E-state index in [1.54, 1.807) is 0 Å². The Kier molecular flexibility index (Phi) is 3.05. The van der Waals surface area contributed by atoms with Gasteiger partial charge >= 0.3 is 12.0 Å². The molecule has 3 fully saturated rings. The third-order valence-corrected chi connectivity index (χ3v) is 6.80. The highest BCUT2D eigenvalue weighted by Crippen LogP contribution is 2.62. The minimum Gasteiger partial charge on any atom is -0.481 e.